The number of benzene rings is 1. The molecule has 0 saturated heterocycles. The third kappa shape index (κ3) is 3.40. The number of halogens is 1. The molecular weight excluding hydrogens is 263 g/mol. The molecule has 0 bridgehead atoms. The van der Waals surface area contributed by atoms with Gasteiger partial charge >= 0.3 is 0 Å². The second-order valence-corrected chi connectivity index (χ2v) is 4.10. The van der Waals surface area contributed by atoms with Crippen LogP contribution in [-0.4, -0.2) is 17.1 Å². The molecule has 0 saturated carbocycles. The molecule has 7 heteroatoms. The van der Waals surface area contributed by atoms with Gasteiger partial charge in [0.05, 0.1) is 0 Å². The molecule has 0 spiro atoms. The van der Waals surface area contributed by atoms with E-state index in [0.717, 1.165) is 0 Å². The van der Waals surface area contributed by atoms with E-state index in [1.54, 1.807) is 19.1 Å². The van der Waals surface area contributed by atoms with Gasteiger partial charge in [-0.1, -0.05) is 6.07 Å². The molecule has 0 aliphatic heterocycles. The number of aryl methyl sites for hydroxylation is 1. The number of nitrogens with one attached hydrogen (secondary N) is 1. The second kappa shape index (κ2) is 6.27. The van der Waals surface area contributed by atoms with Crippen molar-refractivity contribution >= 4 is 5.82 Å². The number of nitrogens with two attached hydrogens (primary N) is 1. The van der Waals surface area contributed by atoms with Crippen LogP contribution in [0.1, 0.15) is 11.4 Å². The quantitative estimate of drug-likeness (QED) is 0.644. The van der Waals surface area contributed by atoms with E-state index in [-0.39, 0.29) is 18.3 Å². The summed E-state index contributed by atoms with van der Waals surface area (Å²) < 4.78 is 23.9. The maximum absolute atomic E-state index is 13.5. The van der Waals surface area contributed by atoms with E-state index in [9.17, 15) is 4.39 Å². The van der Waals surface area contributed by atoms with Crippen molar-refractivity contribution in [3.05, 3.63) is 41.5 Å². The maximum Gasteiger partial charge on any atom is 0.224 e. The molecule has 1 aromatic heterocycles. The van der Waals surface area contributed by atoms with Gasteiger partial charge in [0.2, 0.25) is 5.88 Å². The summed E-state index contributed by atoms with van der Waals surface area (Å²) in [5, 5.41) is 0. The Morgan fingerprint density at radius 2 is 2.10 bits per heavy atom. The number of anilines is 1. The van der Waals surface area contributed by atoms with Crippen molar-refractivity contribution < 1.29 is 13.9 Å². The molecule has 106 valence electrons. The van der Waals surface area contributed by atoms with E-state index < -0.39 is 0 Å². The molecule has 0 fully saturated rings. The molecular formula is C13H15FN4O2. The van der Waals surface area contributed by atoms with E-state index in [2.05, 4.69) is 15.4 Å². The van der Waals surface area contributed by atoms with Gasteiger partial charge in [0.15, 0.2) is 5.82 Å². The fraction of sp³-hybridized carbons (Fsp3) is 0.231. The Morgan fingerprint density at radius 1 is 1.30 bits per heavy atom. The van der Waals surface area contributed by atoms with E-state index in [1.165, 1.54) is 19.2 Å². The number of aromatic nitrogens is 2. The fourth-order valence-corrected chi connectivity index (χ4v) is 1.55. The second-order valence-electron chi connectivity index (χ2n) is 4.10. The molecule has 0 radical (unpaired) electrons. The minimum Gasteiger partial charge on any atom is -0.439 e. The van der Waals surface area contributed by atoms with E-state index in [1.807, 2.05) is 0 Å². The van der Waals surface area contributed by atoms with Crippen LogP contribution in [0.15, 0.2) is 24.3 Å². The molecule has 3 N–H and O–H groups in total. The van der Waals surface area contributed by atoms with Crippen molar-refractivity contribution in [2.45, 2.75) is 13.5 Å². The number of nitrogen functional groups attached to an aromatic ring is 1. The Hall–Kier alpha value is -2.25. The van der Waals surface area contributed by atoms with Gasteiger partial charge in [0.25, 0.3) is 0 Å². The molecule has 20 heavy (non-hydrogen) atoms. The predicted molar refractivity (Wildman–Crippen MR) is 71.8 cm³/mol. The van der Waals surface area contributed by atoms with Crippen molar-refractivity contribution in [1.82, 2.24) is 9.97 Å². The van der Waals surface area contributed by atoms with Crippen LogP contribution in [0.3, 0.4) is 0 Å². The first-order valence-corrected chi connectivity index (χ1v) is 5.90. The van der Waals surface area contributed by atoms with Crippen molar-refractivity contribution in [2.75, 3.05) is 12.5 Å². The summed E-state index contributed by atoms with van der Waals surface area (Å²) in [7, 11) is 1.53. The normalized spacial score (nSPS) is 10.4. The lowest BCUT2D eigenvalue weighted by Gasteiger charge is -2.09. The number of rotatable bonds is 5. The van der Waals surface area contributed by atoms with Crippen LogP contribution in [0.4, 0.5) is 10.2 Å². The topological polar surface area (TPSA) is 82.3 Å². The summed E-state index contributed by atoms with van der Waals surface area (Å²) in [6.45, 7) is 1.89. The van der Waals surface area contributed by atoms with Gasteiger partial charge in [-0.3, -0.25) is 0 Å². The van der Waals surface area contributed by atoms with E-state index >= 15 is 0 Å². The standard InChI is InChI=1S/C13H15FN4O2/c1-8-3-4-9(5-10(8)14)20-13-6-11(18-15)16-12(17-13)7-19-2/h3-6H,7,15H2,1-2H3,(H,16,17,18). The molecule has 0 aliphatic rings. The first-order chi connectivity index (χ1) is 9.62. The molecule has 0 unspecified atom stereocenters. The van der Waals surface area contributed by atoms with E-state index in [4.69, 9.17) is 15.3 Å². The molecule has 2 rings (SSSR count). The Labute approximate surface area is 115 Å². The van der Waals surface area contributed by atoms with Crippen LogP contribution in [0.25, 0.3) is 0 Å². The van der Waals surface area contributed by atoms with Crippen LogP contribution in [-0.2, 0) is 11.3 Å². The third-order valence-electron chi connectivity index (χ3n) is 2.54. The zero-order chi connectivity index (χ0) is 14.5. The van der Waals surface area contributed by atoms with Gasteiger partial charge in [-0.05, 0) is 18.6 Å². The Bertz CT molecular complexity index is 607. The SMILES string of the molecule is COCc1nc(NN)cc(Oc2ccc(C)c(F)c2)n1. The average Bonchev–Trinajstić information content (AvgIpc) is 2.43. The zero-order valence-electron chi connectivity index (χ0n) is 11.2. The van der Waals surface area contributed by atoms with Crippen molar-refractivity contribution in [2.24, 2.45) is 5.84 Å². The van der Waals surface area contributed by atoms with Gasteiger partial charge in [0.1, 0.15) is 24.0 Å². The molecule has 2 aromatic rings. The predicted octanol–water partition coefficient (Wildman–Crippen LogP) is 2.15. The summed E-state index contributed by atoms with van der Waals surface area (Å²) in [5.74, 6) is 6.37. The average molecular weight is 278 g/mol. The highest BCUT2D eigenvalue weighted by Gasteiger charge is 2.07. The molecule has 1 heterocycles. The molecule has 0 amide bonds. The molecule has 0 atom stereocenters. The first kappa shape index (κ1) is 14.2. The van der Waals surface area contributed by atoms with E-state index in [0.29, 0.717) is 23.0 Å². The highest BCUT2D eigenvalue weighted by Crippen LogP contribution is 2.23. The van der Waals surface area contributed by atoms with Crippen LogP contribution in [0, 0.1) is 12.7 Å². The Balaban J connectivity index is 2.27. The third-order valence-corrected chi connectivity index (χ3v) is 2.54. The van der Waals surface area contributed by atoms with Gasteiger partial charge in [0, 0.05) is 19.2 Å². The van der Waals surface area contributed by atoms with Crippen molar-refractivity contribution in [3.63, 3.8) is 0 Å². The maximum atomic E-state index is 13.5. The number of hydrogen-bond acceptors (Lipinski definition) is 6. The van der Waals surface area contributed by atoms with Crippen LogP contribution in [0.5, 0.6) is 11.6 Å². The lowest BCUT2D eigenvalue weighted by Crippen LogP contribution is -2.11. The molecule has 1 aromatic carbocycles. The molecule has 0 aliphatic carbocycles. The van der Waals surface area contributed by atoms with Gasteiger partial charge in [-0.15, -0.1) is 0 Å². The van der Waals surface area contributed by atoms with Crippen LogP contribution in [0.2, 0.25) is 0 Å². The monoisotopic (exact) mass is 278 g/mol. The van der Waals surface area contributed by atoms with Gasteiger partial charge in [-0.2, -0.15) is 4.98 Å². The van der Waals surface area contributed by atoms with Crippen molar-refractivity contribution in [3.8, 4) is 11.6 Å². The number of hydrazine groups is 1. The summed E-state index contributed by atoms with van der Waals surface area (Å²) in [6, 6.07) is 6.09. The number of nitrogens with zero attached hydrogens (tertiary/aromatic N) is 2. The van der Waals surface area contributed by atoms with Crippen LogP contribution < -0.4 is 16.0 Å². The Morgan fingerprint density at radius 3 is 2.75 bits per heavy atom. The fourth-order valence-electron chi connectivity index (χ4n) is 1.55. The molecule has 6 nitrogen and oxygen atoms in total. The minimum atomic E-state index is -0.342. The summed E-state index contributed by atoms with van der Waals surface area (Å²) in [5.41, 5.74) is 2.96. The first-order valence-electron chi connectivity index (χ1n) is 5.90. The summed E-state index contributed by atoms with van der Waals surface area (Å²) in [4.78, 5) is 8.23. The largest absolute Gasteiger partial charge is 0.439 e. The lowest BCUT2D eigenvalue weighted by atomic mass is 10.2. The summed E-state index contributed by atoms with van der Waals surface area (Å²) >= 11 is 0. The highest BCUT2D eigenvalue weighted by atomic mass is 19.1. The van der Waals surface area contributed by atoms with Gasteiger partial charge < -0.3 is 14.9 Å². The highest BCUT2D eigenvalue weighted by molar-refractivity contribution is 5.39. The van der Waals surface area contributed by atoms with Gasteiger partial charge in [-0.25, -0.2) is 15.2 Å². The van der Waals surface area contributed by atoms with Crippen LogP contribution >= 0.6 is 0 Å². The minimum absolute atomic E-state index is 0.216. The van der Waals surface area contributed by atoms with Crippen molar-refractivity contribution in [1.29, 1.82) is 0 Å². The lowest BCUT2D eigenvalue weighted by molar-refractivity contribution is 0.177. The smallest absolute Gasteiger partial charge is 0.224 e. The zero-order valence-corrected chi connectivity index (χ0v) is 11.2. The Kier molecular flexibility index (Phi) is 4.44. The number of methoxy groups -OCH3 is 1. The summed E-state index contributed by atoms with van der Waals surface area (Å²) in [6.07, 6.45) is 0. The number of ether oxygens (including phenoxy) is 2. The number of hydrogen-bond donors (Lipinski definition) is 2.